The van der Waals surface area contributed by atoms with Crippen LogP contribution in [-0.2, 0) is 11.2 Å². The molecule has 104 valence electrons. The lowest BCUT2D eigenvalue weighted by Crippen LogP contribution is -2.50. The van der Waals surface area contributed by atoms with Gasteiger partial charge in [-0.15, -0.1) is 0 Å². The monoisotopic (exact) mass is 262 g/mol. The summed E-state index contributed by atoms with van der Waals surface area (Å²) in [7, 11) is 0. The van der Waals surface area contributed by atoms with E-state index >= 15 is 0 Å². The van der Waals surface area contributed by atoms with Gasteiger partial charge in [-0.2, -0.15) is 0 Å². The van der Waals surface area contributed by atoms with Gasteiger partial charge in [-0.1, -0.05) is 30.3 Å². The Hall–Kier alpha value is -1.39. The second kappa shape index (κ2) is 6.68. The number of piperazine rings is 1. The molecule has 1 aliphatic heterocycles. The molecule has 0 saturated carbocycles. The van der Waals surface area contributed by atoms with E-state index in [1.54, 1.807) is 6.92 Å². The Morgan fingerprint density at radius 2 is 1.84 bits per heavy atom. The smallest absolute Gasteiger partial charge is 0.227 e. The van der Waals surface area contributed by atoms with Crippen LogP contribution in [0.25, 0.3) is 0 Å². The van der Waals surface area contributed by atoms with E-state index in [1.807, 2.05) is 35.2 Å². The second-order valence-corrected chi connectivity index (χ2v) is 5.19. The fourth-order valence-corrected chi connectivity index (χ4v) is 2.44. The number of carbonyl (C=O) groups excluding carboxylic acids is 1. The largest absolute Gasteiger partial charge is 0.392 e. The third kappa shape index (κ3) is 4.33. The van der Waals surface area contributed by atoms with Gasteiger partial charge in [0, 0.05) is 32.7 Å². The van der Waals surface area contributed by atoms with Crippen molar-refractivity contribution in [2.24, 2.45) is 0 Å². The number of nitrogens with zero attached hydrogens (tertiary/aromatic N) is 2. The first-order chi connectivity index (χ1) is 9.15. The molecule has 0 aromatic heterocycles. The van der Waals surface area contributed by atoms with Crippen LogP contribution in [0.1, 0.15) is 12.5 Å². The van der Waals surface area contributed by atoms with Crippen molar-refractivity contribution in [1.29, 1.82) is 0 Å². The molecule has 0 aliphatic carbocycles. The Labute approximate surface area is 114 Å². The molecule has 1 aliphatic rings. The van der Waals surface area contributed by atoms with E-state index in [2.05, 4.69) is 4.90 Å². The minimum atomic E-state index is -0.299. The quantitative estimate of drug-likeness (QED) is 0.871. The molecular formula is C15H22N2O2. The van der Waals surface area contributed by atoms with Gasteiger partial charge in [-0.25, -0.2) is 0 Å². The maximum Gasteiger partial charge on any atom is 0.227 e. The Bertz CT molecular complexity index is 398. The van der Waals surface area contributed by atoms with Crippen LogP contribution in [0.2, 0.25) is 0 Å². The highest BCUT2D eigenvalue weighted by Crippen LogP contribution is 2.07. The molecule has 4 heteroatoms. The number of hydrogen-bond donors (Lipinski definition) is 1. The highest BCUT2D eigenvalue weighted by atomic mass is 16.3. The van der Waals surface area contributed by atoms with Crippen LogP contribution >= 0.6 is 0 Å². The summed E-state index contributed by atoms with van der Waals surface area (Å²) in [5.41, 5.74) is 1.07. The number of rotatable bonds is 4. The molecular weight excluding hydrogens is 240 g/mol. The minimum absolute atomic E-state index is 0.197. The average Bonchev–Trinajstić information content (AvgIpc) is 2.40. The highest BCUT2D eigenvalue weighted by molar-refractivity contribution is 5.78. The van der Waals surface area contributed by atoms with Crippen molar-refractivity contribution in [3.8, 4) is 0 Å². The predicted octanol–water partition coefficient (Wildman–Crippen LogP) is 0.754. The number of carbonyl (C=O) groups is 1. The molecule has 2 rings (SSSR count). The summed E-state index contributed by atoms with van der Waals surface area (Å²) >= 11 is 0. The lowest BCUT2D eigenvalue weighted by Gasteiger charge is -2.35. The van der Waals surface area contributed by atoms with Crippen molar-refractivity contribution in [3.05, 3.63) is 35.9 Å². The molecule has 1 unspecified atom stereocenters. The number of hydrogen-bond acceptors (Lipinski definition) is 3. The number of β-amino-alcohol motifs (C(OH)–C–C–N with tert-alkyl or cyclic N) is 1. The zero-order valence-electron chi connectivity index (χ0n) is 11.5. The summed E-state index contributed by atoms with van der Waals surface area (Å²) in [5, 5.41) is 9.35. The van der Waals surface area contributed by atoms with Crippen molar-refractivity contribution >= 4 is 5.91 Å². The van der Waals surface area contributed by atoms with Gasteiger partial charge < -0.3 is 10.0 Å². The molecule has 1 aromatic rings. The molecule has 1 saturated heterocycles. The zero-order valence-corrected chi connectivity index (χ0v) is 11.5. The van der Waals surface area contributed by atoms with Crippen molar-refractivity contribution in [2.75, 3.05) is 32.7 Å². The summed E-state index contributed by atoms with van der Waals surface area (Å²) in [6, 6.07) is 9.86. The first-order valence-corrected chi connectivity index (χ1v) is 6.87. The normalized spacial score (nSPS) is 18.3. The summed E-state index contributed by atoms with van der Waals surface area (Å²) in [4.78, 5) is 16.3. The SMILES string of the molecule is CC(O)CN1CCN(C(=O)Cc2ccccc2)CC1. The first kappa shape index (κ1) is 14.0. The van der Waals surface area contributed by atoms with Crippen molar-refractivity contribution < 1.29 is 9.90 Å². The maximum atomic E-state index is 12.2. The minimum Gasteiger partial charge on any atom is -0.392 e. The Balaban J connectivity index is 1.79. The van der Waals surface area contributed by atoms with Crippen LogP contribution < -0.4 is 0 Å². The van der Waals surface area contributed by atoms with Gasteiger partial charge in [0.05, 0.1) is 12.5 Å². The molecule has 1 aromatic carbocycles. The molecule has 1 N–H and O–H groups in total. The van der Waals surface area contributed by atoms with Crippen LogP contribution in [0.4, 0.5) is 0 Å². The van der Waals surface area contributed by atoms with E-state index in [0.717, 1.165) is 31.7 Å². The van der Waals surface area contributed by atoms with Crippen molar-refractivity contribution in [1.82, 2.24) is 9.80 Å². The van der Waals surface area contributed by atoms with Crippen LogP contribution in [0.15, 0.2) is 30.3 Å². The third-order valence-corrected chi connectivity index (χ3v) is 3.45. The van der Waals surface area contributed by atoms with Gasteiger partial charge in [0.15, 0.2) is 0 Å². The van der Waals surface area contributed by atoms with E-state index in [1.165, 1.54) is 0 Å². The van der Waals surface area contributed by atoms with Gasteiger partial charge in [-0.3, -0.25) is 9.69 Å². The molecule has 1 atom stereocenters. The number of amides is 1. The van der Waals surface area contributed by atoms with Crippen molar-refractivity contribution in [2.45, 2.75) is 19.4 Å². The number of benzene rings is 1. The third-order valence-electron chi connectivity index (χ3n) is 3.45. The second-order valence-electron chi connectivity index (χ2n) is 5.19. The number of aliphatic hydroxyl groups is 1. The van der Waals surface area contributed by atoms with E-state index in [-0.39, 0.29) is 12.0 Å². The molecule has 0 bridgehead atoms. The Kier molecular flexibility index (Phi) is 4.93. The molecule has 1 fully saturated rings. The van der Waals surface area contributed by atoms with Gasteiger partial charge in [0.25, 0.3) is 0 Å². The van der Waals surface area contributed by atoms with Crippen LogP contribution in [-0.4, -0.2) is 59.6 Å². The molecule has 1 heterocycles. The topological polar surface area (TPSA) is 43.8 Å². The van der Waals surface area contributed by atoms with Crippen molar-refractivity contribution in [3.63, 3.8) is 0 Å². The summed E-state index contributed by atoms with van der Waals surface area (Å²) < 4.78 is 0. The molecule has 0 radical (unpaired) electrons. The Morgan fingerprint density at radius 3 is 2.42 bits per heavy atom. The van der Waals surface area contributed by atoms with E-state index in [9.17, 15) is 9.90 Å². The van der Waals surface area contributed by atoms with Gasteiger partial charge >= 0.3 is 0 Å². The van der Waals surface area contributed by atoms with E-state index in [0.29, 0.717) is 13.0 Å². The summed E-state index contributed by atoms with van der Waals surface area (Å²) in [6.07, 6.45) is 0.184. The van der Waals surface area contributed by atoms with Gasteiger partial charge in [0.1, 0.15) is 0 Å². The highest BCUT2D eigenvalue weighted by Gasteiger charge is 2.21. The van der Waals surface area contributed by atoms with Gasteiger partial charge in [0.2, 0.25) is 5.91 Å². The zero-order chi connectivity index (χ0) is 13.7. The van der Waals surface area contributed by atoms with Crippen LogP contribution in [0.3, 0.4) is 0 Å². The van der Waals surface area contributed by atoms with E-state index in [4.69, 9.17) is 0 Å². The maximum absolute atomic E-state index is 12.2. The first-order valence-electron chi connectivity index (χ1n) is 6.87. The molecule has 4 nitrogen and oxygen atoms in total. The molecule has 1 amide bonds. The Morgan fingerprint density at radius 1 is 1.21 bits per heavy atom. The molecule has 0 spiro atoms. The van der Waals surface area contributed by atoms with E-state index < -0.39 is 0 Å². The number of aliphatic hydroxyl groups excluding tert-OH is 1. The summed E-state index contributed by atoms with van der Waals surface area (Å²) in [6.45, 7) is 5.72. The standard InChI is InChI=1S/C15H22N2O2/c1-13(18)12-16-7-9-17(10-8-16)15(19)11-14-5-3-2-4-6-14/h2-6,13,18H,7-12H2,1H3. The van der Waals surface area contributed by atoms with Crippen LogP contribution in [0.5, 0.6) is 0 Å². The predicted molar refractivity (Wildman–Crippen MR) is 74.8 cm³/mol. The van der Waals surface area contributed by atoms with Crippen LogP contribution in [0, 0.1) is 0 Å². The summed E-state index contributed by atoms with van der Waals surface area (Å²) in [5.74, 6) is 0.197. The molecule has 19 heavy (non-hydrogen) atoms. The lowest BCUT2D eigenvalue weighted by molar-refractivity contribution is -0.132. The fraction of sp³-hybridized carbons (Fsp3) is 0.533. The van der Waals surface area contributed by atoms with Gasteiger partial charge in [-0.05, 0) is 12.5 Å². The fourth-order valence-electron chi connectivity index (χ4n) is 2.44. The average molecular weight is 262 g/mol. The lowest BCUT2D eigenvalue weighted by atomic mass is 10.1.